The van der Waals surface area contributed by atoms with Crippen LogP contribution in [0.5, 0.6) is 0 Å². The van der Waals surface area contributed by atoms with Crippen molar-refractivity contribution < 1.29 is 35.2 Å². The van der Waals surface area contributed by atoms with Gasteiger partial charge in [0.15, 0.2) is 5.25 Å². The van der Waals surface area contributed by atoms with Crippen molar-refractivity contribution in [1.29, 1.82) is 0 Å². The van der Waals surface area contributed by atoms with Gasteiger partial charge in [0.25, 0.3) is 5.69 Å². The molecule has 2 unspecified atom stereocenters. The normalized spacial score (nSPS) is 28.0. The molecule has 2 rings (SSSR count). The maximum atomic E-state index is 10.8. The standard InChI is InChI=1S/C16H24NO8S/c18-5-14(25-7-10-2-1-3-11(4-10)17(23)24)12(20)8-26-9-13(21)16(22)15(26)6-19/h1-4,12-16,18-22H,5-9H2/q+1/t12?,13-,14+,15-,16+,26?/m1/s1. The topological polar surface area (TPSA) is 154 Å². The minimum Gasteiger partial charge on any atom is -0.394 e. The molecule has 1 fully saturated rings. The van der Waals surface area contributed by atoms with Crippen LogP contribution < -0.4 is 0 Å². The van der Waals surface area contributed by atoms with Crippen LogP contribution in [0.25, 0.3) is 0 Å². The van der Waals surface area contributed by atoms with Gasteiger partial charge in [-0.15, -0.1) is 0 Å². The van der Waals surface area contributed by atoms with E-state index < -0.39 is 52.1 Å². The van der Waals surface area contributed by atoms with Crippen LogP contribution in [0.4, 0.5) is 5.69 Å². The molecule has 0 amide bonds. The lowest BCUT2D eigenvalue weighted by molar-refractivity contribution is -0.385. The molecule has 0 radical (unpaired) electrons. The highest BCUT2D eigenvalue weighted by Crippen LogP contribution is 2.25. The zero-order valence-electron chi connectivity index (χ0n) is 14.0. The predicted molar refractivity (Wildman–Crippen MR) is 94.8 cm³/mol. The van der Waals surface area contributed by atoms with Crippen LogP contribution in [0, 0.1) is 10.1 Å². The van der Waals surface area contributed by atoms with Gasteiger partial charge >= 0.3 is 0 Å². The molecular weight excluding hydrogens is 366 g/mol. The third kappa shape index (κ3) is 5.13. The van der Waals surface area contributed by atoms with Crippen molar-refractivity contribution in [2.24, 2.45) is 0 Å². The predicted octanol–water partition coefficient (Wildman–Crippen LogP) is -1.45. The van der Waals surface area contributed by atoms with E-state index in [1.165, 1.54) is 18.2 Å². The fourth-order valence-electron chi connectivity index (χ4n) is 2.87. The molecule has 1 aromatic rings. The fraction of sp³-hybridized carbons (Fsp3) is 0.625. The van der Waals surface area contributed by atoms with E-state index in [9.17, 15) is 35.6 Å². The first-order valence-electron chi connectivity index (χ1n) is 8.14. The number of ether oxygens (including phenoxy) is 1. The lowest BCUT2D eigenvalue weighted by Crippen LogP contribution is -2.42. The summed E-state index contributed by atoms with van der Waals surface area (Å²) in [7, 11) is -0.616. The van der Waals surface area contributed by atoms with Gasteiger partial charge in [-0.2, -0.15) is 0 Å². The molecule has 0 aliphatic carbocycles. The molecule has 1 saturated heterocycles. The maximum absolute atomic E-state index is 10.8. The summed E-state index contributed by atoms with van der Waals surface area (Å²) in [6.07, 6.45) is -3.96. The average molecular weight is 390 g/mol. The van der Waals surface area contributed by atoms with Crippen LogP contribution >= 0.6 is 0 Å². The molecule has 1 aliphatic heterocycles. The lowest BCUT2D eigenvalue weighted by Gasteiger charge is -2.22. The Morgan fingerprint density at radius 3 is 2.69 bits per heavy atom. The van der Waals surface area contributed by atoms with E-state index in [1.54, 1.807) is 6.07 Å². The molecule has 1 aromatic carbocycles. The van der Waals surface area contributed by atoms with E-state index in [2.05, 4.69) is 0 Å². The molecule has 0 bridgehead atoms. The summed E-state index contributed by atoms with van der Waals surface area (Å²) in [5, 5.41) is 59.0. The first kappa shape index (κ1) is 21.0. The number of aliphatic hydroxyl groups excluding tert-OH is 5. The Bertz CT molecular complexity index is 603. The summed E-state index contributed by atoms with van der Waals surface area (Å²) in [6, 6.07) is 5.87. The molecule has 146 valence electrons. The molecule has 0 spiro atoms. The molecule has 6 atom stereocenters. The van der Waals surface area contributed by atoms with Crippen LogP contribution in [0.15, 0.2) is 24.3 Å². The first-order chi connectivity index (χ1) is 12.4. The summed E-state index contributed by atoms with van der Waals surface area (Å²) in [6.45, 7) is -0.777. The highest BCUT2D eigenvalue weighted by Gasteiger charge is 2.50. The molecule has 1 aliphatic rings. The molecule has 26 heavy (non-hydrogen) atoms. The molecule has 0 saturated carbocycles. The molecule has 0 aromatic heterocycles. The van der Waals surface area contributed by atoms with E-state index in [4.69, 9.17) is 4.74 Å². The van der Waals surface area contributed by atoms with Gasteiger partial charge in [0, 0.05) is 23.0 Å². The number of hydrogen-bond acceptors (Lipinski definition) is 8. The molecule has 1 heterocycles. The van der Waals surface area contributed by atoms with Gasteiger partial charge in [-0.3, -0.25) is 10.1 Å². The average Bonchev–Trinajstić information content (AvgIpc) is 2.88. The largest absolute Gasteiger partial charge is 0.394 e. The van der Waals surface area contributed by atoms with E-state index in [1.807, 2.05) is 0 Å². The number of nitro benzene ring substituents is 1. The number of rotatable bonds is 9. The number of aliphatic hydroxyl groups is 5. The smallest absolute Gasteiger partial charge is 0.269 e. The quantitative estimate of drug-likeness (QED) is 0.195. The second kappa shape index (κ2) is 9.60. The Morgan fingerprint density at radius 1 is 1.35 bits per heavy atom. The molecule has 10 heteroatoms. The first-order valence-corrected chi connectivity index (χ1v) is 9.77. The lowest BCUT2D eigenvalue weighted by atomic mass is 10.2. The summed E-state index contributed by atoms with van der Waals surface area (Å²) < 4.78 is 5.50. The van der Waals surface area contributed by atoms with E-state index >= 15 is 0 Å². The van der Waals surface area contributed by atoms with Crippen LogP contribution in [-0.4, -0.2) is 84.8 Å². The minimum absolute atomic E-state index is 0.0214. The van der Waals surface area contributed by atoms with Crippen molar-refractivity contribution in [2.75, 3.05) is 24.7 Å². The molecule has 9 nitrogen and oxygen atoms in total. The van der Waals surface area contributed by atoms with Crippen molar-refractivity contribution in [3.05, 3.63) is 39.9 Å². The van der Waals surface area contributed by atoms with Crippen LogP contribution in [0.2, 0.25) is 0 Å². The monoisotopic (exact) mass is 390 g/mol. The number of nitro groups is 1. The SMILES string of the molecule is O=[N+]([O-])c1cccc(CO[C@@H](CO)C(O)C[S+]2C[C@@H](O)[C@H](O)[C@H]2CO)c1. The molecule has 5 N–H and O–H groups in total. The van der Waals surface area contributed by atoms with Crippen molar-refractivity contribution in [3.63, 3.8) is 0 Å². The Kier molecular flexibility index (Phi) is 7.77. The Balaban J connectivity index is 1.93. The van der Waals surface area contributed by atoms with Crippen LogP contribution in [-0.2, 0) is 22.2 Å². The van der Waals surface area contributed by atoms with Crippen molar-refractivity contribution in [2.45, 2.75) is 36.3 Å². The highest BCUT2D eigenvalue weighted by molar-refractivity contribution is 7.97. The van der Waals surface area contributed by atoms with Gasteiger partial charge in [-0.25, -0.2) is 0 Å². The van der Waals surface area contributed by atoms with E-state index in [0.29, 0.717) is 5.56 Å². The number of benzene rings is 1. The maximum Gasteiger partial charge on any atom is 0.269 e. The van der Waals surface area contributed by atoms with Gasteiger partial charge in [0.05, 0.1) is 24.7 Å². The van der Waals surface area contributed by atoms with E-state index in [0.717, 1.165) is 0 Å². The third-order valence-electron chi connectivity index (χ3n) is 4.35. The Hall–Kier alpha value is -1.27. The van der Waals surface area contributed by atoms with Crippen molar-refractivity contribution in [3.8, 4) is 0 Å². The second-order valence-corrected chi connectivity index (χ2v) is 8.52. The Labute approximate surface area is 153 Å². The van der Waals surface area contributed by atoms with Gasteiger partial charge in [-0.05, 0) is 5.56 Å². The minimum atomic E-state index is -1.06. The van der Waals surface area contributed by atoms with Crippen molar-refractivity contribution >= 4 is 16.6 Å². The van der Waals surface area contributed by atoms with Gasteiger partial charge in [0.1, 0.15) is 35.9 Å². The highest BCUT2D eigenvalue weighted by atomic mass is 32.2. The number of hydrogen-bond donors (Lipinski definition) is 5. The van der Waals surface area contributed by atoms with Gasteiger partial charge in [-0.1, -0.05) is 12.1 Å². The van der Waals surface area contributed by atoms with Gasteiger partial charge in [0.2, 0.25) is 0 Å². The third-order valence-corrected chi connectivity index (χ3v) is 7.17. The number of non-ortho nitro benzene ring substituents is 1. The van der Waals surface area contributed by atoms with Crippen molar-refractivity contribution in [1.82, 2.24) is 0 Å². The fourth-order valence-corrected chi connectivity index (χ4v) is 5.57. The summed E-state index contributed by atoms with van der Waals surface area (Å²) in [5.74, 6) is 0.437. The van der Waals surface area contributed by atoms with Gasteiger partial charge < -0.3 is 30.3 Å². The van der Waals surface area contributed by atoms with E-state index in [-0.39, 0.29) is 30.4 Å². The van der Waals surface area contributed by atoms with Crippen LogP contribution in [0.3, 0.4) is 0 Å². The summed E-state index contributed by atoms with van der Waals surface area (Å²) in [4.78, 5) is 10.3. The number of nitrogens with zero attached hydrogens (tertiary/aromatic N) is 1. The molecular formula is C16H24NO8S+. The Morgan fingerprint density at radius 2 is 2.08 bits per heavy atom. The zero-order valence-corrected chi connectivity index (χ0v) is 14.9. The summed E-state index contributed by atoms with van der Waals surface area (Å²) >= 11 is 0. The van der Waals surface area contributed by atoms with Crippen LogP contribution in [0.1, 0.15) is 5.56 Å². The second-order valence-electron chi connectivity index (χ2n) is 6.18. The summed E-state index contributed by atoms with van der Waals surface area (Å²) in [5.41, 5.74) is 0.459. The zero-order chi connectivity index (χ0) is 19.3.